The third-order valence-corrected chi connectivity index (χ3v) is 4.82. The van der Waals surface area contributed by atoms with Gasteiger partial charge in [0.2, 0.25) is 0 Å². The van der Waals surface area contributed by atoms with Gasteiger partial charge in [-0.3, -0.25) is 4.79 Å². The summed E-state index contributed by atoms with van der Waals surface area (Å²) in [6, 6.07) is 12.4. The van der Waals surface area contributed by atoms with E-state index in [1.165, 1.54) is 17.4 Å². The van der Waals surface area contributed by atoms with E-state index in [1.54, 1.807) is 0 Å². The molecular formula is C16H9ClN2O2S. The fraction of sp³-hybridized carbons (Fsp3) is 0. The van der Waals surface area contributed by atoms with Crippen molar-refractivity contribution in [1.29, 1.82) is 0 Å². The Morgan fingerprint density at radius 3 is 2.68 bits per heavy atom. The number of fused-ring (bicyclic) bond motifs is 3. The SMILES string of the molecule is O=c1cc(O)c2sc3nc(-c4ccc(Cl)cc4)ccc3c2[nH]1. The summed E-state index contributed by atoms with van der Waals surface area (Å²) < 4.78 is 0.635. The largest absolute Gasteiger partial charge is 0.506 e. The summed E-state index contributed by atoms with van der Waals surface area (Å²) in [5, 5.41) is 11.4. The molecule has 0 aliphatic heterocycles. The van der Waals surface area contributed by atoms with Gasteiger partial charge in [-0.05, 0) is 24.3 Å². The van der Waals surface area contributed by atoms with Gasteiger partial charge in [-0.2, -0.15) is 0 Å². The minimum atomic E-state index is -0.327. The molecule has 22 heavy (non-hydrogen) atoms. The first-order valence-corrected chi connectivity index (χ1v) is 7.73. The molecule has 0 unspecified atom stereocenters. The van der Waals surface area contributed by atoms with Gasteiger partial charge in [0.15, 0.2) is 0 Å². The highest BCUT2D eigenvalue weighted by molar-refractivity contribution is 7.25. The van der Waals surface area contributed by atoms with Crippen molar-refractivity contribution in [2.45, 2.75) is 0 Å². The zero-order chi connectivity index (χ0) is 15.3. The van der Waals surface area contributed by atoms with Crippen molar-refractivity contribution in [3.63, 3.8) is 0 Å². The maximum Gasteiger partial charge on any atom is 0.252 e. The average molecular weight is 329 g/mol. The summed E-state index contributed by atoms with van der Waals surface area (Å²) >= 11 is 7.25. The molecular weight excluding hydrogens is 320 g/mol. The molecule has 0 atom stereocenters. The van der Waals surface area contributed by atoms with Crippen LogP contribution in [0.5, 0.6) is 5.75 Å². The lowest BCUT2D eigenvalue weighted by Crippen LogP contribution is -2.01. The predicted molar refractivity (Wildman–Crippen MR) is 89.9 cm³/mol. The first kappa shape index (κ1) is 13.3. The summed E-state index contributed by atoms with van der Waals surface area (Å²) in [6.07, 6.45) is 0. The quantitative estimate of drug-likeness (QED) is 0.551. The number of halogens is 1. The maximum atomic E-state index is 11.5. The summed E-state index contributed by atoms with van der Waals surface area (Å²) in [5.41, 5.74) is 2.07. The van der Waals surface area contributed by atoms with Gasteiger partial charge in [-0.15, -0.1) is 11.3 Å². The molecule has 0 saturated heterocycles. The number of nitrogens with zero attached hydrogens (tertiary/aromatic N) is 1. The minimum Gasteiger partial charge on any atom is -0.506 e. The molecule has 0 aliphatic rings. The second kappa shape index (κ2) is 4.83. The molecule has 1 aromatic carbocycles. The van der Waals surface area contributed by atoms with Gasteiger partial charge in [0.1, 0.15) is 10.6 Å². The average Bonchev–Trinajstić information content (AvgIpc) is 2.86. The molecule has 0 spiro atoms. The van der Waals surface area contributed by atoms with Crippen LogP contribution in [0.3, 0.4) is 0 Å². The monoisotopic (exact) mass is 328 g/mol. The number of benzene rings is 1. The summed E-state index contributed by atoms with van der Waals surface area (Å²) in [6.45, 7) is 0. The highest BCUT2D eigenvalue weighted by atomic mass is 35.5. The van der Waals surface area contributed by atoms with Crippen molar-refractivity contribution in [1.82, 2.24) is 9.97 Å². The van der Waals surface area contributed by atoms with Crippen molar-refractivity contribution >= 4 is 43.4 Å². The highest BCUT2D eigenvalue weighted by Crippen LogP contribution is 2.36. The van der Waals surface area contributed by atoms with Crippen molar-refractivity contribution in [2.24, 2.45) is 0 Å². The topological polar surface area (TPSA) is 66.0 Å². The van der Waals surface area contributed by atoms with Gasteiger partial charge in [0.05, 0.1) is 15.9 Å². The Kier molecular flexibility index (Phi) is 2.92. The fourth-order valence-corrected chi connectivity index (χ4v) is 3.58. The van der Waals surface area contributed by atoms with Gasteiger partial charge in [0, 0.05) is 22.0 Å². The Balaban J connectivity index is 1.98. The Hall–Kier alpha value is -2.37. The third kappa shape index (κ3) is 2.06. The van der Waals surface area contributed by atoms with E-state index in [1.807, 2.05) is 36.4 Å². The number of H-pyrrole nitrogens is 1. The number of pyridine rings is 2. The number of thiophene rings is 1. The summed E-state index contributed by atoms with van der Waals surface area (Å²) in [7, 11) is 0. The molecule has 4 nitrogen and oxygen atoms in total. The molecule has 0 amide bonds. The molecule has 108 valence electrons. The predicted octanol–water partition coefficient (Wildman–Crippen LogP) is 4.16. The zero-order valence-electron chi connectivity index (χ0n) is 11.1. The standard InChI is InChI=1S/C16H9ClN2O2S/c17-9-3-1-8(2-4-9)11-6-5-10-14-15(22-16(10)18-11)12(20)7-13(21)19-14/h1-7H,(H2,19,20,21). The van der Waals surface area contributed by atoms with Crippen LogP contribution in [0.25, 0.3) is 31.7 Å². The van der Waals surface area contributed by atoms with Crippen LogP contribution in [-0.4, -0.2) is 15.1 Å². The minimum absolute atomic E-state index is 0.0187. The van der Waals surface area contributed by atoms with E-state index in [9.17, 15) is 9.90 Å². The number of hydrogen-bond donors (Lipinski definition) is 2. The second-order valence-electron chi connectivity index (χ2n) is 4.88. The van der Waals surface area contributed by atoms with Gasteiger partial charge >= 0.3 is 0 Å². The van der Waals surface area contributed by atoms with Crippen LogP contribution in [0, 0.1) is 0 Å². The molecule has 0 bridgehead atoms. The number of aromatic amines is 1. The van der Waals surface area contributed by atoms with Crippen LogP contribution in [0.1, 0.15) is 0 Å². The molecule has 0 radical (unpaired) electrons. The third-order valence-electron chi connectivity index (χ3n) is 3.44. The zero-order valence-corrected chi connectivity index (χ0v) is 12.7. The summed E-state index contributed by atoms with van der Waals surface area (Å²) in [4.78, 5) is 19.7. The van der Waals surface area contributed by atoms with E-state index >= 15 is 0 Å². The number of aromatic hydroxyl groups is 1. The number of rotatable bonds is 1. The van der Waals surface area contributed by atoms with E-state index in [0.29, 0.717) is 15.2 Å². The van der Waals surface area contributed by atoms with Crippen molar-refractivity contribution in [3.05, 3.63) is 57.8 Å². The number of nitrogens with one attached hydrogen (secondary N) is 1. The lowest BCUT2D eigenvalue weighted by Gasteiger charge is -2.01. The van der Waals surface area contributed by atoms with Crippen LogP contribution in [-0.2, 0) is 0 Å². The molecule has 4 aromatic rings. The Labute approximate surface area is 133 Å². The molecule has 6 heteroatoms. The smallest absolute Gasteiger partial charge is 0.252 e. The van der Waals surface area contributed by atoms with E-state index in [-0.39, 0.29) is 11.3 Å². The van der Waals surface area contributed by atoms with Crippen LogP contribution in [0.15, 0.2) is 47.3 Å². The van der Waals surface area contributed by atoms with E-state index in [2.05, 4.69) is 9.97 Å². The fourth-order valence-electron chi connectivity index (χ4n) is 2.41. The van der Waals surface area contributed by atoms with Crippen molar-refractivity contribution in [3.8, 4) is 17.0 Å². The lowest BCUT2D eigenvalue weighted by atomic mass is 10.1. The second-order valence-corrected chi connectivity index (χ2v) is 6.32. The Bertz CT molecular complexity index is 1070. The van der Waals surface area contributed by atoms with Crippen LogP contribution < -0.4 is 5.56 Å². The van der Waals surface area contributed by atoms with Gasteiger partial charge in [-0.25, -0.2) is 4.98 Å². The van der Waals surface area contributed by atoms with E-state index in [4.69, 9.17) is 11.6 Å². The molecule has 0 saturated carbocycles. The number of hydrogen-bond acceptors (Lipinski definition) is 4. The molecule has 0 fully saturated rings. The highest BCUT2D eigenvalue weighted by Gasteiger charge is 2.12. The van der Waals surface area contributed by atoms with Crippen LogP contribution in [0.4, 0.5) is 0 Å². The first-order chi connectivity index (χ1) is 10.6. The summed E-state index contributed by atoms with van der Waals surface area (Å²) in [5.74, 6) is -0.0187. The molecule has 3 aromatic heterocycles. The maximum absolute atomic E-state index is 11.5. The van der Waals surface area contributed by atoms with Gasteiger partial charge in [-0.1, -0.05) is 23.7 Å². The normalized spacial score (nSPS) is 11.3. The molecule has 4 rings (SSSR count). The van der Waals surface area contributed by atoms with E-state index in [0.717, 1.165) is 21.5 Å². The van der Waals surface area contributed by atoms with Crippen molar-refractivity contribution in [2.75, 3.05) is 0 Å². The lowest BCUT2D eigenvalue weighted by molar-refractivity contribution is 0.481. The van der Waals surface area contributed by atoms with Gasteiger partial charge in [0.25, 0.3) is 5.56 Å². The molecule has 3 heterocycles. The van der Waals surface area contributed by atoms with E-state index < -0.39 is 0 Å². The first-order valence-electron chi connectivity index (χ1n) is 6.53. The van der Waals surface area contributed by atoms with Crippen molar-refractivity contribution < 1.29 is 5.11 Å². The Morgan fingerprint density at radius 2 is 1.91 bits per heavy atom. The Morgan fingerprint density at radius 1 is 1.14 bits per heavy atom. The van der Waals surface area contributed by atoms with Gasteiger partial charge < -0.3 is 10.1 Å². The number of aromatic nitrogens is 2. The van der Waals surface area contributed by atoms with Crippen LogP contribution in [0.2, 0.25) is 5.02 Å². The van der Waals surface area contributed by atoms with Crippen LogP contribution >= 0.6 is 22.9 Å². The molecule has 2 N–H and O–H groups in total. The molecule has 0 aliphatic carbocycles.